The number of nitro groups is 1. The predicted molar refractivity (Wildman–Crippen MR) is 77.4 cm³/mol. The summed E-state index contributed by atoms with van der Waals surface area (Å²) in [7, 11) is 0. The molecule has 0 aliphatic carbocycles. The van der Waals surface area contributed by atoms with E-state index in [0.717, 1.165) is 31.5 Å². The van der Waals surface area contributed by atoms with E-state index in [0.29, 0.717) is 5.75 Å². The molecule has 2 atom stereocenters. The highest BCUT2D eigenvalue weighted by Gasteiger charge is 2.46. The van der Waals surface area contributed by atoms with E-state index < -0.39 is 16.6 Å². The molecule has 1 N–H and O–H groups in total. The first-order chi connectivity index (χ1) is 9.90. The Bertz CT molecular complexity index is 567. The van der Waals surface area contributed by atoms with Crippen molar-refractivity contribution in [1.82, 2.24) is 4.90 Å². The van der Waals surface area contributed by atoms with Crippen LogP contribution in [0.2, 0.25) is 0 Å². The lowest BCUT2D eigenvalue weighted by Gasteiger charge is -2.45. The van der Waals surface area contributed by atoms with Gasteiger partial charge in [-0.25, -0.2) is 0 Å². The molecule has 0 saturated carbocycles. The number of hydrogen-bond acceptors (Lipinski definition) is 5. The molecule has 1 saturated heterocycles. The van der Waals surface area contributed by atoms with E-state index in [1.54, 1.807) is 6.07 Å². The second-order valence-electron chi connectivity index (χ2n) is 6.32. The first-order valence-electron chi connectivity index (χ1n) is 7.29. The summed E-state index contributed by atoms with van der Waals surface area (Å²) in [6.45, 7) is 5.51. The Morgan fingerprint density at radius 3 is 2.67 bits per heavy atom. The number of fused-ring (bicyclic) bond motifs is 1. The maximum Gasteiger partial charge on any atom is 0.270 e. The van der Waals surface area contributed by atoms with E-state index in [9.17, 15) is 15.2 Å². The van der Waals surface area contributed by atoms with Crippen LogP contribution in [0.5, 0.6) is 5.75 Å². The molecule has 0 aromatic heterocycles. The second-order valence-corrected chi connectivity index (χ2v) is 6.32. The Morgan fingerprint density at radius 1 is 1.38 bits per heavy atom. The molecule has 0 radical (unpaired) electrons. The highest BCUT2D eigenvalue weighted by Crippen LogP contribution is 2.44. The molecule has 2 aliphatic rings. The Balaban J connectivity index is 2.08. The van der Waals surface area contributed by atoms with Crippen molar-refractivity contribution in [1.29, 1.82) is 0 Å². The Hall–Kier alpha value is -1.66. The third-order valence-electron chi connectivity index (χ3n) is 4.44. The van der Waals surface area contributed by atoms with Crippen molar-refractivity contribution in [2.75, 3.05) is 13.1 Å². The lowest BCUT2D eigenvalue weighted by atomic mass is 9.85. The van der Waals surface area contributed by atoms with E-state index in [1.165, 1.54) is 12.1 Å². The molecule has 2 heterocycles. The minimum absolute atomic E-state index is 0.0356. The van der Waals surface area contributed by atoms with Gasteiger partial charge in [0.1, 0.15) is 17.5 Å². The largest absolute Gasteiger partial charge is 0.485 e. The number of nitrogens with zero attached hydrogens (tertiary/aromatic N) is 2. The highest BCUT2D eigenvalue weighted by molar-refractivity contribution is 5.48. The smallest absolute Gasteiger partial charge is 0.270 e. The molecule has 6 heteroatoms. The van der Waals surface area contributed by atoms with Crippen LogP contribution < -0.4 is 4.74 Å². The lowest BCUT2D eigenvalue weighted by molar-refractivity contribution is -0.385. The van der Waals surface area contributed by atoms with E-state index in [2.05, 4.69) is 4.90 Å². The molecule has 0 unspecified atom stereocenters. The SMILES string of the molecule is CC1(C)Oc2ccc([N+](=O)[O-])cc2[C@@H](N2CCCC2)[C@@H]1O. The van der Waals surface area contributed by atoms with Gasteiger partial charge in [0.15, 0.2) is 0 Å². The molecule has 1 fully saturated rings. The van der Waals surface area contributed by atoms with E-state index in [4.69, 9.17) is 4.74 Å². The van der Waals surface area contributed by atoms with Gasteiger partial charge in [0, 0.05) is 17.7 Å². The number of likely N-dealkylation sites (tertiary alicyclic amines) is 1. The van der Waals surface area contributed by atoms with Crippen LogP contribution >= 0.6 is 0 Å². The van der Waals surface area contributed by atoms with Crippen LogP contribution in [0.15, 0.2) is 18.2 Å². The van der Waals surface area contributed by atoms with Gasteiger partial charge in [0.2, 0.25) is 0 Å². The summed E-state index contributed by atoms with van der Waals surface area (Å²) < 4.78 is 5.86. The predicted octanol–water partition coefficient (Wildman–Crippen LogP) is 2.26. The summed E-state index contributed by atoms with van der Waals surface area (Å²) >= 11 is 0. The molecule has 21 heavy (non-hydrogen) atoms. The van der Waals surface area contributed by atoms with Gasteiger partial charge in [-0.1, -0.05) is 0 Å². The van der Waals surface area contributed by atoms with Crippen LogP contribution in [0.4, 0.5) is 5.69 Å². The van der Waals surface area contributed by atoms with Crippen molar-refractivity contribution >= 4 is 5.69 Å². The molecule has 6 nitrogen and oxygen atoms in total. The Labute approximate surface area is 123 Å². The Kier molecular flexibility index (Phi) is 3.37. The fourth-order valence-electron chi connectivity index (χ4n) is 3.28. The number of aliphatic hydroxyl groups excluding tert-OH is 1. The van der Waals surface area contributed by atoms with Gasteiger partial charge >= 0.3 is 0 Å². The molecule has 3 rings (SSSR count). The number of benzene rings is 1. The minimum Gasteiger partial charge on any atom is -0.485 e. The van der Waals surface area contributed by atoms with Crippen molar-refractivity contribution in [2.24, 2.45) is 0 Å². The van der Waals surface area contributed by atoms with Gasteiger partial charge in [-0.05, 0) is 45.8 Å². The maximum absolute atomic E-state index is 11.0. The average Bonchev–Trinajstić information content (AvgIpc) is 2.93. The van der Waals surface area contributed by atoms with Gasteiger partial charge in [-0.15, -0.1) is 0 Å². The van der Waals surface area contributed by atoms with Crippen LogP contribution in [0.25, 0.3) is 0 Å². The summed E-state index contributed by atoms with van der Waals surface area (Å²) in [5.74, 6) is 0.632. The van der Waals surface area contributed by atoms with Gasteiger partial charge in [-0.3, -0.25) is 15.0 Å². The third-order valence-corrected chi connectivity index (χ3v) is 4.44. The minimum atomic E-state index is -0.717. The highest BCUT2D eigenvalue weighted by atomic mass is 16.6. The van der Waals surface area contributed by atoms with E-state index in [1.807, 2.05) is 13.8 Å². The number of ether oxygens (including phenoxy) is 1. The third kappa shape index (κ3) is 2.38. The summed E-state index contributed by atoms with van der Waals surface area (Å²) in [6, 6.07) is 4.39. The van der Waals surface area contributed by atoms with Gasteiger partial charge < -0.3 is 9.84 Å². The quantitative estimate of drug-likeness (QED) is 0.668. The van der Waals surface area contributed by atoms with Gasteiger partial charge in [-0.2, -0.15) is 0 Å². The molecule has 1 aromatic carbocycles. The number of rotatable bonds is 2. The van der Waals surface area contributed by atoms with Crippen LogP contribution in [-0.4, -0.2) is 39.7 Å². The van der Waals surface area contributed by atoms with Crippen LogP contribution in [0.3, 0.4) is 0 Å². The molecule has 2 aliphatic heterocycles. The zero-order chi connectivity index (χ0) is 15.2. The molecule has 0 amide bonds. The monoisotopic (exact) mass is 292 g/mol. The number of aliphatic hydroxyl groups is 1. The van der Waals surface area contributed by atoms with E-state index >= 15 is 0 Å². The normalized spacial score (nSPS) is 28.0. The fourth-order valence-corrected chi connectivity index (χ4v) is 3.28. The van der Waals surface area contributed by atoms with Crippen LogP contribution in [0, 0.1) is 10.1 Å². The standard InChI is InChI=1S/C15H20N2O4/c1-15(2)14(18)13(16-7-3-4-8-16)11-9-10(17(19)20)5-6-12(11)21-15/h5-6,9,13-14,18H,3-4,7-8H2,1-2H3/t13-,14+/m1/s1. The molecule has 0 spiro atoms. The first-order valence-corrected chi connectivity index (χ1v) is 7.29. The summed E-state index contributed by atoms with van der Waals surface area (Å²) in [5, 5.41) is 21.7. The fraction of sp³-hybridized carbons (Fsp3) is 0.600. The first kappa shape index (κ1) is 14.3. The molecule has 1 aromatic rings. The number of nitro benzene ring substituents is 1. The number of hydrogen-bond donors (Lipinski definition) is 1. The zero-order valence-corrected chi connectivity index (χ0v) is 12.3. The van der Waals surface area contributed by atoms with Crippen molar-refractivity contribution in [3.05, 3.63) is 33.9 Å². The van der Waals surface area contributed by atoms with E-state index in [-0.39, 0.29) is 11.7 Å². The van der Waals surface area contributed by atoms with Gasteiger partial charge in [0.25, 0.3) is 5.69 Å². The average molecular weight is 292 g/mol. The summed E-state index contributed by atoms with van der Waals surface area (Å²) in [4.78, 5) is 12.8. The van der Waals surface area contributed by atoms with Crippen LogP contribution in [0.1, 0.15) is 38.3 Å². The van der Waals surface area contributed by atoms with Crippen molar-refractivity contribution < 1.29 is 14.8 Å². The molecule has 114 valence electrons. The Morgan fingerprint density at radius 2 is 2.05 bits per heavy atom. The number of non-ortho nitro benzene ring substituents is 1. The topological polar surface area (TPSA) is 75.8 Å². The lowest BCUT2D eigenvalue weighted by Crippen LogP contribution is -2.53. The molecule has 0 bridgehead atoms. The van der Waals surface area contributed by atoms with Crippen molar-refractivity contribution in [3.63, 3.8) is 0 Å². The van der Waals surface area contributed by atoms with Crippen LogP contribution in [-0.2, 0) is 0 Å². The summed E-state index contributed by atoms with van der Waals surface area (Å²) in [5.41, 5.74) is 0.0440. The zero-order valence-electron chi connectivity index (χ0n) is 12.3. The molecular formula is C15H20N2O4. The molecular weight excluding hydrogens is 272 g/mol. The van der Waals surface area contributed by atoms with Gasteiger partial charge in [0.05, 0.1) is 11.0 Å². The van der Waals surface area contributed by atoms with Crippen molar-refractivity contribution in [3.8, 4) is 5.75 Å². The maximum atomic E-state index is 11.0. The van der Waals surface area contributed by atoms with Crippen molar-refractivity contribution in [2.45, 2.75) is 44.4 Å². The second kappa shape index (κ2) is 4.96. The summed E-state index contributed by atoms with van der Waals surface area (Å²) in [6.07, 6.45) is 1.47.